The zero-order valence-corrected chi connectivity index (χ0v) is 13.5. The first kappa shape index (κ1) is 18.8. The summed E-state index contributed by atoms with van der Waals surface area (Å²) >= 11 is 0. The first-order chi connectivity index (χ1) is 9.10. The van der Waals surface area contributed by atoms with Gasteiger partial charge in [-0.3, -0.25) is 0 Å². The van der Waals surface area contributed by atoms with Gasteiger partial charge >= 0.3 is 0 Å². The van der Waals surface area contributed by atoms with Gasteiger partial charge in [0.05, 0.1) is 0 Å². The minimum Gasteiger partial charge on any atom is -0.328 e. The molecule has 0 bridgehead atoms. The van der Waals surface area contributed by atoms with Crippen molar-refractivity contribution in [1.29, 1.82) is 0 Å². The summed E-state index contributed by atoms with van der Waals surface area (Å²) in [6, 6.07) is 0. The molecule has 0 unspecified atom stereocenters. The molecule has 0 N–H and O–H groups in total. The van der Waals surface area contributed by atoms with Crippen LogP contribution >= 0.6 is 0 Å². The summed E-state index contributed by atoms with van der Waals surface area (Å²) in [7, 11) is 2.99. The van der Waals surface area contributed by atoms with Gasteiger partial charge in [0, 0.05) is 32.7 Å². The first-order valence-corrected chi connectivity index (χ1v) is 7.76. The molecule has 5 heteroatoms. The molecule has 0 aliphatic carbocycles. The number of unbranched alkanes of at least 4 members (excludes halogenated alkanes) is 3. The van der Waals surface area contributed by atoms with Crippen molar-refractivity contribution < 1.29 is 19.0 Å². The Morgan fingerprint density at radius 3 is 1.79 bits per heavy atom. The Balaban J connectivity index is 3.99. The van der Waals surface area contributed by atoms with Crippen molar-refractivity contribution in [2.45, 2.75) is 65.3 Å². The Hall–Kier alpha value is -0.233. The molecule has 0 spiro atoms. The number of hydrogen-bond acceptors (Lipinski definition) is 4. The highest BCUT2D eigenvalue weighted by Gasteiger charge is 2.31. The lowest BCUT2D eigenvalue weighted by molar-refractivity contribution is -0.380. The van der Waals surface area contributed by atoms with Crippen LogP contribution in [0.5, 0.6) is 0 Å². The van der Waals surface area contributed by atoms with E-state index in [1.165, 1.54) is 0 Å². The Kier molecular flexibility index (Phi) is 11.4. The molecule has 0 aromatic heterocycles. The number of rotatable bonds is 13. The van der Waals surface area contributed by atoms with E-state index in [9.17, 15) is 4.79 Å². The molecule has 0 aliphatic rings. The van der Waals surface area contributed by atoms with Crippen LogP contribution in [0.3, 0.4) is 0 Å². The van der Waals surface area contributed by atoms with E-state index < -0.39 is 5.97 Å². The number of carbonyl (C=O) groups excluding carboxylic acids is 1. The summed E-state index contributed by atoms with van der Waals surface area (Å²) in [6.07, 6.45) is 5.31. The number of ether oxygens (including phenoxy) is 3. The Morgan fingerprint density at radius 2 is 1.37 bits per heavy atom. The quantitative estimate of drug-likeness (QED) is 0.297. The maximum absolute atomic E-state index is 10.7. The molecule has 19 heavy (non-hydrogen) atoms. The van der Waals surface area contributed by atoms with Crippen LogP contribution < -0.4 is 0 Å². The van der Waals surface area contributed by atoms with Crippen LogP contribution in [0.2, 0.25) is 0 Å². The van der Waals surface area contributed by atoms with E-state index in [1.807, 2.05) is 20.8 Å². The predicted octanol–water partition coefficient (Wildman–Crippen LogP) is 2.79. The molecule has 0 amide bonds. The summed E-state index contributed by atoms with van der Waals surface area (Å²) in [5, 5.41) is 0.0762. The molecule has 0 heterocycles. The Bertz CT molecular complexity index is 216. The molecular formula is C14H27O4Si. The summed E-state index contributed by atoms with van der Waals surface area (Å²) in [4.78, 5) is 10.7. The van der Waals surface area contributed by atoms with Gasteiger partial charge in [-0.1, -0.05) is 12.8 Å². The van der Waals surface area contributed by atoms with Crippen molar-refractivity contribution in [3.05, 3.63) is 0 Å². The van der Waals surface area contributed by atoms with Gasteiger partial charge in [-0.2, -0.15) is 0 Å². The van der Waals surface area contributed by atoms with Crippen LogP contribution in [0.15, 0.2) is 0 Å². The van der Waals surface area contributed by atoms with Gasteiger partial charge in [-0.25, -0.2) is 0 Å². The van der Waals surface area contributed by atoms with Crippen LogP contribution in [-0.2, 0) is 19.0 Å². The van der Waals surface area contributed by atoms with Crippen molar-refractivity contribution in [1.82, 2.24) is 0 Å². The van der Waals surface area contributed by atoms with Gasteiger partial charge in [0.2, 0.25) is 0 Å². The second kappa shape index (κ2) is 11.6. The van der Waals surface area contributed by atoms with E-state index in [0.717, 1.165) is 32.1 Å². The van der Waals surface area contributed by atoms with Crippen LogP contribution in [0, 0.1) is 0 Å². The largest absolute Gasteiger partial charge is 0.328 e. The van der Waals surface area contributed by atoms with Crippen molar-refractivity contribution >= 4 is 15.6 Å². The summed E-state index contributed by atoms with van der Waals surface area (Å²) < 4.78 is 16.9. The fourth-order valence-electron chi connectivity index (χ4n) is 1.98. The van der Waals surface area contributed by atoms with E-state index in [0.29, 0.717) is 26.2 Å². The molecule has 0 aromatic rings. The van der Waals surface area contributed by atoms with E-state index in [1.54, 1.807) is 0 Å². The van der Waals surface area contributed by atoms with E-state index >= 15 is 0 Å². The van der Waals surface area contributed by atoms with Crippen molar-refractivity contribution in [2.75, 3.05) is 19.8 Å². The van der Waals surface area contributed by atoms with Gasteiger partial charge < -0.3 is 19.0 Å². The van der Waals surface area contributed by atoms with Gasteiger partial charge in [0.25, 0.3) is 5.97 Å². The second-order valence-corrected chi connectivity index (χ2v) is 4.88. The Morgan fingerprint density at radius 1 is 0.895 bits per heavy atom. The highest BCUT2D eigenvalue weighted by molar-refractivity contribution is 6.57. The normalized spacial score (nSPS) is 11.8. The molecular weight excluding hydrogens is 260 g/mol. The lowest BCUT2D eigenvalue weighted by atomic mass is 10.1. The lowest BCUT2D eigenvalue weighted by Crippen LogP contribution is -2.39. The highest BCUT2D eigenvalue weighted by atomic mass is 28.1. The molecule has 0 rings (SSSR count). The second-order valence-electron chi connectivity index (χ2n) is 4.32. The molecule has 0 saturated heterocycles. The molecule has 0 aliphatic heterocycles. The summed E-state index contributed by atoms with van der Waals surface area (Å²) in [5.74, 6) is -0.886. The fourth-order valence-corrected chi connectivity index (χ4v) is 2.16. The molecule has 4 nitrogen and oxygen atoms in total. The first-order valence-electron chi connectivity index (χ1n) is 7.26. The minimum atomic E-state index is -0.886. The summed E-state index contributed by atoms with van der Waals surface area (Å²) in [6.45, 7) is 7.52. The zero-order valence-electron chi connectivity index (χ0n) is 12.5. The van der Waals surface area contributed by atoms with E-state index in [-0.39, 0.29) is 5.41 Å². The molecule has 3 radical (unpaired) electrons. The van der Waals surface area contributed by atoms with Gasteiger partial charge in [0.15, 0.2) is 0 Å². The van der Waals surface area contributed by atoms with Crippen molar-refractivity contribution in [2.24, 2.45) is 0 Å². The maximum atomic E-state index is 10.7. The molecule has 0 fully saturated rings. The molecule has 0 saturated carbocycles. The standard InChI is InChI=1S/C14H27O4Si/c1-4-16-14(17-5-2,18-6-3)12-10-8-7-9-11-13(15)19/h4-12H2,1-3H3. The van der Waals surface area contributed by atoms with Crippen molar-refractivity contribution in [3.63, 3.8) is 0 Å². The monoisotopic (exact) mass is 287 g/mol. The number of carbonyl (C=O) groups is 1. The maximum Gasteiger partial charge on any atom is 0.282 e. The third-order valence-electron chi connectivity index (χ3n) is 2.73. The predicted molar refractivity (Wildman–Crippen MR) is 76.1 cm³/mol. The minimum absolute atomic E-state index is 0.0762. The average molecular weight is 287 g/mol. The number of hydrogen-bond donors (Lipinski definition) is 0. The topological polar surface area (TPSA) is 44.8 Å². The van der Waals surface area contributed by atoms with Crippen LogP contribution in [0.1, 0.15) is 59.3 Å². The smallest absolute Gasteiger partial charge is 0.282 e. The molecule has 111 valence electrons. The fraction of sp³-hybridized carbons (Fsp3) is 0.929. The molecule has 0 aromatic carbocycles. The summed E-state index contributed by atoms with van der Waals surface area (Å²) in [5.41, 5.74) is 0. The highest BCUT2D eigenvalue weighted by Crippen LogP contribution is 2.23. The van der Waals surface area contributed by atoms with Gasteiger partial charge in [0.1, 0.15) is 15.6 Å². The average Bonchev–Trinajstić information content (AvgIpc) is 2.34. The lowest BCUT2D eigenvalue weighted by Gasteiger charge is -2.32. The van der Waals surface area contributed by atoms with E-state index in [4.69, 9.17) is 14.2 Å². The molecule has 0 atom stereocenters. The van der Waals surface area contributed by atoms with Gasteiger partial charge in [-0.15, -0.1) is 0 Å². The third kappa shape index (κ3) is 9.32. The van der Waals surface area contributed by atoms with E-state index in [2.05, 4.69) is 10.2 Å². The van der Waals surface area contributed by atoms with Crippen LogP contribution in [-0.4, -0.2) is 41.4 Å². The SMILES string of the molecule is CCOC(CCCCCCC(=O)[Si])(OCC)OCC. The van der Waals surface area contributed by atoms with Gasteiger partial charge in [-0.05, 0) is 33.6 Å². The van der Waals surface area contributed by atoms with Crippen molar-refractivity contribution in [3.8, 4) is 0 Å². The van der Waals surface area contributed by atoms with Crippen LogP contribution in [0.25, 0.3) is 0 Å². The zero-order chi connectivity index (χ0) is 14.6. The third-order valence-corrected chi connectivity index (χ3v) is 2.98. The van der Waals surface area contributed by atoms with Crippen LogP contribution in [0.4, 0.5) is 0 Å². The Labute approximate surface area is 120 Å².